The fourth-order valence-corrected chi connectivity index (χ4v) is 6.46. The number of benzene rings is 4. The van der Waals surface area contributed by atoms with Gasteiger partial charge in [-0.2, -0.15) is 18.6 Å². The molecular formula is C78H108BrClF4MgN6O6. The summed E-state index contributed by atoms with van der Waals surface area (Å²) in [6.07, 6.45) is 10.3. The number of ether oxygens (including phenoxy) is 2. The van der Waals surface area contributed by atoms with Crippen molar-refractivity contribution in [2.24, 2.45) is 0 Å². The van der Waals surface area contributed by atoms with E-state index in [9.17, 15) is 31.9 Å². The normalized spacial score (nSPS) is 8.36. The number of pyridine rings is 5. The smallest absolute Gasteiger partial charge is 1.00 e. The van der Waals surface area contributed by atoms with Crippen molar-refractivity contribution in [2.75, 3.05) is 20.0 Å². The fraction of sp³-hybridized carbons (Fsp3) is 0.321. The first-order valence-electron chi connectivity index (χ1n) is 32.2. The molecule has 0 unspecified atom stereocenters. The zero-order valence-electron chi connectivity index (χ0n) is 61.3. The van der Waals surface area contributed by atoms with Crippen LogP contribution in [0.1, 0.15) is 206 Å². The predicted octanol–water partition coefficient (Wildman–Crippen LogP) is 18.0. The van der Waals surface area contributed by atoms with Gasteiger partial charge in [0.1, 0.15) is 27.9 Å². The monoisotopic (exact) mass is 1440 g/mol. The summed E-state index contributed by atoms with van der Waals surface area (Å²) >= 11 is 3.15. The van der Waals surface area contributed by atoms with Gasteiger partial charge in [0, 0.05) is 72.9 Å². The fourth-order valence-electron chi connectivity index (χ4n) is 6.23. The average molecular weight is 1440 g/mol. The van der Waals surface area contributed by atoms with E-state index in [0.29, 0.717) is 51.9 Å². The number of aryl methyl sites for hydroxylation is 1. The molecule has 0 spiro atoms. The second-order valence-corrected chi connectivity index (χ2v) is 17.0. The number of nitrogens with zero attached hydrogens (tertiary/aromatic N) is 5. The summed E-state index contributed by atoms with van der Waals surface area (Å²) in [4.78, 5) is 52.7. The summed E-state index contributed by atoms with van der Waals surface area (Å²) < 4.78 is 60.8. The predicted molar refractivity (Wildman–Crippen MR) is 398 cm³/mol. The Morgan fingerprint density at radius 3 is 1.08 bits per heavy atom. The molecule has 9 aromatic rings. The molecule has 19 heteroatoms. The van der Waals surface area contributed by atoms with Crippen LogP contribution < -0.4 is 18.1 Å². The van der Waals surface area contributed by atoms with Crippen LogP contribution in [0.5, 0.6) is 0 Å². The number of nitrogen functional groups attached to an aromatic ring is 1. The van der Waals surface area contributed by atoms with Gasteiger partial charge in [-0.15, -0.1) is 12.1 Å². The number of aliphatic hydroxyl groups excluding tert-OH is 1. The van der Waals surface area contributed by atoms with Gasteiger partial charge in [0.25, 0.3) is 0 Å². The molecule has 0 saturated carbocycles. The third-order valence-electron chi connectivity index (χ3n) is 10.1. The number of methoxy groups -OCH3 is 2. The number of aliphatic hydroxyl groups is 1. The van der Waals surface area contributed by atoms with E-state index in [1.807, 2.05) is 168 Å². The molecular weight excluding hydrogens is 1330 g/mol. The van der Waals surface area contributed by atoms with E-state index in [0.717, 1.165) is 51.2 Å². The Morgan fingerprint density at radius 2 is 0.825 bits per heavy atom. The summed E-state index contributed by atoms with van der Waals surface area (Å²) in [5, 5.41) is 8.87. The number of carbonyl (C=O) groups excluding carboxylic acids is 3. The van der Waals surface area contributed by atoms with Gasteiger partial charge in [-0.05, 0) is 136 Å². The molecule has 0 aliphatic rings. The maximum atomic E-state index is 13.0. The maximum Gasteiger partial charge on any atom is 2.00 e. The molecule has 0 atom stereocenters. The van der Waals surface area contributed by atoms with E-state index in [-0.39, 0.29) is 71.3 Å². The third-order valence-corrected chi connectivity index (χ3v) is 10.6. The molecule has 0 bridgehead atoms. The molecule has 5 heterocycles. The van der Waals surface area contributed by atoms with Crippen molar-refractivity contribution in [1.82, 2.24) is 24.9 Å². The van der Waals surface area contributed by atoms with Gasteiger partial charge in [0.15, 0.2) is 6.29 Å². The van der Waals surface area contributed by atoms with E-state index in [2.05, 4.69) is 57.2 Å². The van der Waals surface area contributed by atoms with Crippen molar-refractivity contribution in [3.05, 3.63) is 291 Å². The average Bonchev–Trinajstić information content (AvgIpc) is 2.02. The van der Waals surface area contributed by atoms with Crippen LogP contribution >= 0.6 is 15.9 Å². The first-order chi connectivity index (χ1) is 46.0. The number of esters is 2. The van der Waals surface area contributed by atoms with Crippen LogP contribution in [0, 0.1) is 37.1 Å². The minimum absolute atomic E-state index is 0. The number of anilines is 1. The van der Waals surface area contributed by atoms with Crippen molar-refractivity contribution in [2.45, 2.75) is 157 Å². The molecule has 0 radical (unpaired) electrons. The van der Waals surface area contributed by atoms with Crippen LogP contribution in [0.4, 0.5) is 23.4 Å². The number of aldehydes is 1. The molecule has 0 amide bonds. The van der Waals surface area contributed by atoms with Crippen molar-refractivity contribution >= 4 is 63.0 Å². The van der Waals surface area contributed by atoms with Gasteiger partial charge in [-0.25, -0.2) is 37.1 Å². The minimum atomic E-state index is -0.417. The first-order valence-corrected chi connectivity index (χ1v) is 33.0. The standard InChI is InChI=1S/C14H12FNO2.C13H12FNO.C13H10FNO.C7H6BrNO2.C7H6F.C6H8N2.9C2H6.ClH.Mg/c1-18-14(17)11-5-6-13(16-9-11)8-10-3-2-4-12(15)7-10;2*14-12-3-1-2-10(6-12)7-13-5-4-11(9-16)8-15-13;1-11-7(10)5-2-3-6(8)9-4-5;1-6-3-2-4-7(8)5-6;1-5-2-3-6(7)8-4-5;9*1-2;;/h2-7,9H,8H2,1H3;1-6,8,16H,7,9H2;1-6,8-9H,7H2;2-4H,1H3;2-5H,1H2;2-4H,1H3,(H2,7,8);9*1-2H3;1H;/q;;;;-1;;;;;;;;;;;;+2/p-1. The summed E-state index contributed by atoms with van der Waals surface area (Å²) in [6, 6.07) is 43.0. The zero-order chi connectivity index (χ0) is 74.0. The first kappa shape index (κ1) is 105. The van der Waals surface area contributed by atoms with Gasteiger partial charge >= 0.3 is 35.0 Å². The molecule has 0 aliphatic carbocycles. The van der Waals surface area contributed by atoms with Gasteiger partial charge < -0.3 is 32.7 Å². The zero-order valence-corrected chi connectivity index (χ0v) is 65.0. The Labute approximate surface area is 610 Å². The Balaban J connectivity index is -0.000000158. The quantitative estimate of drug-likeness (QED) is 0.0331. The van der Waals surface area contributed by atoms with Crippen molar-refractivity contribution in [1.29, 1.82) is 0 Å². The third kappa shape index (κ3) is 53.9. The van der Waals surface area contributed by atoms with Crippen molar-refractivity contribution in [3.63, 3.8) is 0 Å². The Morgan fingerprint density at radius 1 is 0.464 bits per heavy atom. The Bertz CT molecular complexity index is 3200. The van der Waals surface area contributed by atoms with Gasteiger partial charge in [0.2, 0.25) is 0 Å². The molecule has 0 saturated heterocycles. The van der Waals surface area contributed by atoms with E-state index >= 15 is 0 Å². The molecule has 3 N–H and O–H groups in total. The summed E-state index contributed by atoms with van der Waals surface area (Å²) in [7, 11) is 2.66. The van der Waals surface area contributed by atoms with Crippen LogP contribution in [-0.4, -0.2) is 85.5 Å². The topological polar surface area (TPSA) is 180 Å². The van der Waals surface area contributed by atoms with Crippen LogP contribution in [0.15, 0.2) is 193 Å². The molecule has 4 aromatic carbocycles. The molecule has 97 heavy (non-hydrogen) atoms. The molecule has 9 rings (SSSR count). The second-order valence-electron chi connectivity index (χ2n) is 16.2. The SMILES string of the molecule is CC.CC.CC.CC.CC.CC.CC.CC.CC.COC(=O)c1ccc(Br)nc1.COC(=O)c1ccc(Cc2cccc(F)c2)nc1.Cc1ccc(N)nc1.O=Cc1ccc(Cc2cccc(F)c2)nc1.OCc1ccc(Cc2cccc(F)c2)nc1.[CH2-]c1cccc(F)c1.[Cl-].[Mg+2]. The summed E-state index contributed by atoms with van der Waals surface area (Å²) in [5.41, 5.74) is 14.4. The summed E-state index contributed by atoms with van der Waals surface area (Å²) in [5.74, 6) is -1.18. The number of hydrogen-bond donors (Lipinski definition) is 2. The Kier molecular flexibility index (Phi) is 80.2. The Hall–Kier alpha value is -7.87. The van der Waals surface area contributed by atoms with Crippen LogP contribution in [-0.2, 0) is 35.3 Å². The molecule has 0 fully saturated rings. The van der Waals surface area contributed by atoms with E-state index in [4.69, 9.17) is 10.8 Å². The van der Waals surface area contributed by atoms with Gasteiger partial charge in [0.05, 0.1) is 37.8 Å². The molecule has 12 nitrogen and oxygen atoms in total. The number of carbonyl (C=O) groups is 3. The van der Waals surface area contributed by atoms with Crippen molar-refractivity contribution < 1.29 is 58.9 Å². The largest absolute Gasteiger partial charge is 2.00 e. The second kappa shape index (κ2) is 73.9. The van der Waals surface area contributed by atoms with Gasteiger partial charge in [-0.1, -0.05) is 179 Å². The number of halogens is 6. The molecule has 0 aliphatic heterocycles. The number of aromatic nitrogens is 5. The van der Waals surface area contributed by atoms with Crippen LogP contribution in [0.2, 0.25) is 0 Å². The van der Waals surface area contributed by atoms with E-state index < -0.39 is 5.97 Å². The van der Waals surface area contributed by atoms with Crippen LogP contribution in [0.25, 0.3) is 0 Å². The van der Waals surface area contributed by atoms with E-state index in [1.54, 1.807) is 85.2 Å². The van der Waals surface area contributed by atoms with Gasteiger partial charge in [-0.3, -0.25) is 19.7 Å². The molecule has 5 aromatic heterocycles. The number of nitrogens with two attached hydrogens (primary N) is 1. The number of rotatable bonds is 10. The maximum absolute atomic E-state index is 13.0. The minimum Gasteiger partial charge on any atom is -1.00 e. The van der Waals surface area contributed by atoms with Crippen molar-refractivity contribution in [3.8, 4) is 0 Å². The van der Waals surface area contributed by atoms with Crippen LogP contribution in [0.3, 0.4) is 0 Å². The van der Waals surface area contributed by atoms with E-state index in [1.165, 1.54) is 81.3 Å². The summed E-state index contributed by atoms with van der Waals surface area (Å²) in [6.45, 7) is 41.5. The molecule has 530 valence electrons. The number of hydrogen-bond acceptors (Lipinski definition) is 12.